The highest BCUT2D eigenvalue weighted by atomic mass is 16.2. The summed E-state index contributed by atoms with van der Waals surface area (Å²) in [4.78, 5) is 11.4. The summed E-state index contributed by atoms with van der Waals surface area (Å²) >= 11 is 0. The van der Waals surface area contributed by atoms with Gasteiger partial charge in [-0.3, -0.25) is 4.79 Å². The number of nitrogens with one attached hydrogen (secondary N) is 1. The van der Waals surface area contributed by atoms with E-state index in [4.69, 9.17) is 5.73 Å². The van der Waals surface area contributed by atoms with Crippen molar-refractivity contribution in [3.8, 4) is 0 Å². The number of carbonyl (C=O) groups is 1. The molecule has 14 heavy (non-hydrogen) atoms. The number of carbonyl (C=O) groups excluding carboxylic acids is 1. The molecule has 1 aliphatic rings. The minimum Gasteiger partial charge on any atom is -0.399 e. The zero-order valence-corrected chi connectivity index (χ0v) is 8.21. The predicted octanol–water partition coefficient (Wildman–Crippen LogP) is 1.93. The van der Waals surface area contributed by atoms with Crippen molar-refractivity contribution in [2.45, 2.75) is 19.8 Å². The summed E-state index contributed by atoms with van der Waals surface area (Å²) in [6.45, 7) is 1.93. The second kappa shape index (κ2) is 3.33. The van der Waals surface area contributed by atoms with Gasteiger partial charge in [0.2, 0.25) is 5.91 Å². The lowest BCUT2D eigenvalue weighted by atomic mass is 10.2. The molecule has 1 aromatic rings. The van der Waals surface area contributed by atoms with Crippen molar-refractivity contribution in [2.75, 3.05) is 11.1 Å². The van der Waals surface area contributed by atoms with Gasteiger partial charge in [-0.1, -0.05) is 0 Å². The molecule has 0 aromatic heterocycles. The first kappa shape index (κ1) is 9.06. The first-order valence-corrected chi connectivity index (χ1v) is 4.84. The van der Waals surface area contributed by atoms with E-state index in [2.05, 4.69) is 5.32 Å². The molecule has 3 heteroatoms. The van der Waals surface area contributed by atoms with E-state index in [-0.39, 0.29) is 11.8 Å². The molecule has 3 N–H and O–H groups in total. The number of hydrogen-bond donors (Lipinski definition) is 2. The number of rotatable bonds is 2. The van der Waals surface area contributed by atoms with Gasteiger partial charge in [0.1, 0.15) is 0 Å². The summed E-state index contributed by atoms with van der Waals surface area (Å²) in [7, 11) is 0. The van der Waals surface area contributed by atoms with E-state index >= 15 is 0 Å². The maximum absolute atomic E-state index is 11.4. The number of aryl methyl sites for hydroxylation is 1. The van der Waals surface area contributed by atoms with Crippen LogP contribution in [0.5, 0.6) is 0 Å². The summed E-state index contributed by atoms with van der Waals surface area (Å²) in [5.41, 5.74) is 8.28. The lowest BCUT2D eigenvalue weighted by Gasteiger charge is -2.06. The Kier molecular flexibility index (Phi) is 2.15. The number of nitrogen functional groups attached to an aromatic ring is 1. The van der Waals surface area contributed by atoms with E-state index in [9.17, 15) is 4.79 Å². The molecule has 74 valence electrons. The third-order valence-corrected chi connectivity index (χ3v) is 2.49. The fourth-order valence-corrected chi connectivity index (χ4v) is 1.34. The second-order valence-electron chi connectivity index (χ2n) is 3.83. The van der Waals surface area contributed by atoms with Crippen LogP contribution >= 0.6 is 0 Å². The molecule has 2 rings (SSSR count). The van der Waals surface area contributed by atoms with Gasteiger partial charge in [-0.25, -0.2) is 0 Å². The minimum absolute atomic E-state index is 0.133. The van der Waals surface area contributed by atoms with E-state index in [1.807, 2.05) is 25.1 Å². The van der Waals surface area contributed by atoms with Crippen LogP contribution in [0.4, 0.5) is 11.4 Å². The van der Waals surface area contributed by atoms with Gasteiger partial charge < -0.3 is 11.1 Å². The van der Waals surface area contributed by atoms with Gasteiger partial charge in [-0.2, -0.15) is 0 Å². The molecule has 0 heterocycles. The smallest absolute Gasteiger partial charge is 0.227 e. The molecule has 1 fully saturated rings. The molecule has 0 spiro atoms. The highest BCUT2D eigenvalue weighted by molar-refractivity contribution is 5.94. The predicted molar refractivity (Wildman–Crippen MR) is 56.9 cm³/mol. The largest absolute Gasteiger partial charge is 0.399 e. The van der Waals surface area contributed by atoms with E-state index < -0.39 is 0 Å². The van der Waals surface area contributed by atoms with Gasteiger partial charge in [0, 0.05) is 17.3 Å². The molecule has 3 nitrogen and oxygen atoms in total. The summed E-state index contributed by atoms with van der Waals surface area (Å²) in [5, 5.41) is 2.88. The van der Waals surface area contributed by atoms with Crippen LogP contribution in [0.15, 0.2) is 18.2 Å². The molecule has 0 radical (unpaired) electrons. The first-order valence-electron chi connectivity index (χ1n) is 4.84. The lowest BCUT2D eigenvalue weighted by molar-refractivity contribution is -0.117. The Hall–Kier alpha value is -1.51. The SMILES string of the molecule is Cc1cc(NC(=O)C2CC2)ccc1N. The van der Waals surface area contributed by atoms with Crippen molar-refractivity contribution in [3.05, 3.63) is 23.8 Å². The Balaban J connectivity index is 2.08. The van der Waals surface area contributed by atoms with Crippen molar-refractivity contribution >= 4 is 17.3 Å². The van der Waals surface area contributed by atoms with Gasteiger partial charge in [-0.05, 0) is 43.5 Å². The summed E-state index contributed by atoms with van der Waals surface area (Å²) < 4.78 is 0. The number of nitrogens with two attached hydrogens (primary N) is 1. The molecule has 1 aliphatic carbocycles. The normalized spacial score (nSPS) is 15.2. The number of anilines is 2. The molecule has 0 aliphatic heterocycles. The molecule has 0 atom stereocenters. The van der Waals surface area contributed by atoms with E-state index in [1.54, 1.807) is 0 Å². The van der Waals surface area contributed by atoms with Crippen molar-refractivity contribution in [1.29, 1.82) is 0 Å². The first-order chi connectivity index (χ1) is 6.66. The van der Waals surface area contributed by atoms with Crippen LogP contribution < -0.4 is 11.1 Å². The third-order valence-electron chi connectivity index (χ3n) is 2.49. The molecule has 0 saturated heterocycles. The average molecular weight is 190 g/mol. The van der Waals surface area contributed by atoms with Crippen LogP contribution in [0.1, 0.15) is 18.4 Å². The van der Waals surface area contributed by atoms with Crippen molar-refractivity contribution in [3.63, 3.8) is 0 Å². The molecule has 1 amide bonds. The topological polar surface area (TPSA) is 55.1 Å². The summed E-state index contributed by atoms with van der Waals surface area (Å²) in [6, 6.07) is 5.55. The third kappa shape index (κ3) is 1.87. The fourth-order valence-electron chi connectivity index (χ4n) is 1.34. The average Bonchev–Trinajstić information content (AvgIpc) is 2.94. The van der Waals surface area contributed by atoms with Crippen LogP contribution in [-0.4, -0.2) is 5.91 Å². The molecule has 1 aromatic carbocycles. The molecule has 1 saturated carbocycles. The quantitative estimate of drug-likeness (QED) is 0.700. The molecule has 0 unspecified atom stereocenters. The van der Waals surface area contributed by atoms with Crippen LogP contribution in [0.25, 0.3) is 0 Å². The zero-order valence-electron chi connectivity index (χ0n) is 8.21. The molecule has 0 bridgehead atoms. The minimum atomic E-state index is 0.133. The van der Waals surface area contributed by atoms with Gasteiger partial charge in [-0.15, -0.1) is 0 Å². The Morgan fingerprint density at radius 3 is 2.79 bits per heavy atom. The Bertz CT molecular complexity index is 370. The Labute approximate surface area is 83.3 Å². The van der Waals surface area contributed by atoms with E-state index in [1.165, 1.54) is 0 Å². The second-order valence-corrected chi connectivity index (χ2v) is 3.83. The van der Waals surface area contributed by atoms with Crippen molar-refractivity contribution in [2.24, 2.45) is 5.92 Å². The van der Waals surface area contributed by atoms with Crippen molar-refractivity contribution < 1.29 is 4.79 Å². The van der Waals surface area contributed by atoms with E-state index in [0.717, 1.165) is 29.8 Å². The number of hydrogen-bond acceptors (Lipinski definition) is 2. The number of benzene rings is 1. The maximum Gasteiger partial charge on any atom is 0.227 e. The lowest BCUT2D eigenvalue weighted by Crippen LogP contribution is -2.13. The Morgan fingerprint density at radius 1 is 1.50 bits per heavy atom. The van der Waals surface area contributed by atoms with Crippen LogP contribution in [0.3, 0.4) is 0 Å². The standard InChI is InChI=1S/C11H14N2O/c1-7-6-9(4-5-10(7)12)13-11(14)8-2-3-8/h4-6,8H,2-3,12H2,1H3,(H,13,14). The van der Waals surface area contributed by atoms with Gasteiger partial charge in [0.15, 0.2) is 0 Å². The monoisotopic (exact) mass is 190 g/mol. The fraction of sp³-hybridized carbons (Fsp3) is 0.364. The van der Waals surface area contributed by atoms with Crippen LogP contribution in [-0.2, 0) is 4.79 Å². The maximum atomic E-state index is 11.4. The van der Waals surface area contributed by atoms with Gasteiger partial charge >= 0.3 is 0 Å². The highest BCUT2D eigenvalue weighted by Gasteiger charge is 2.29. The molecular weight excluding hydrogens is 176 g/mol. The van der Waals surface area contributed by atoms with Crippen LogP contribution in [0, 0.1) is 12.8 Å². The van der Waals surface area contributed by atoms with Gasteiger partial charge in [0.25, 0.3) is 0 Å². The van der Waals surface area contributed by atoms with E-state index in [0.29, 0.717) is 0 Å². The van der Waals surface area contributed by atoms with Crippen molar-refractivity contribution in [1.82, 2.24) is 0 Å². The van der Waals surface area contributed by atoms with Crippen LogP contribution in [0.2, 0.25) is 0 Å². The summed E-state index contributed by atoms with van der Waals surface area (Å²) in [5.74, 6) is 0.377. The van der Waals surface area contributed by atoms with Gasteiger partial charge in [0.05, 0.1) is 0 Å². The summed E-state index contributed by atoms with van der Waals surface area (Å²) in [6.07, 6.45) is 2.06. The highest BCUT2D eigenvalue weighted by Crippen LogP contribution is 2.30. The Morgan fingerprint density at radius 2 is 2.21 bits per heavy atom. The number of amides is 1. The zero-order chi connectivity index (χ0) is 10.1. The molecular formula is C11H14N2O.